The molecule has 0 amide bonds. The van der Waals surface area contributed by atoms with Gasteiger partial charge in [0, 0.05) is 15.8 Å². The molecule has 0 atom stereocenters. The van der Waals surface area contributed by atoms with E-state index in [4.69, 9.17) is 4.42 Å². The first-order valence-electron chi connectivity index (χ1n) is 7.10. The lowest BCUT2D eigenvalue weighted by atomic mass is 10.2. The maximum Gasteiger partial charge on any atom is 0.283 e. The van der Waals surface area contributed by atoms with Crippen LogP contribution < -0.4 is 0 Å². The van der Waals surface area contributed by atoms with Crippen LogP contribution in [-0.2, 0) is 0 Å². The van der Waals surface area contributed by atoms with Gasteiger partial charge in [-0.2, -0.15) is 0 Å². The Morgan fingerprint density at radius 2 is 1.88 bits per heavy atom. The molecule has 0 saturated carbocycles. The van der Waals surface area contributed by atoms with Crippen LogP contribution in [-0.4, -0.2) is 20.2 Å². The van der Waals surface area contributed by atoms with Gasteiger partial charge in [0.05, 0.1) is 0 Å². The van der Waals surface area contributed by atoms with Gasteiger partial charge in [-0.1, -0.05) is 0 Å². The predicted molar refractivity (Wildman–Crippen MR) is 90.7 cm³/mol. The zero-order chi connectivity index (χ0) is 16.7. The van der Waals surface area contributed by atoms with Crippen molar-refractivity contribution in [3.63, 3.8) is 0 Å². The van der Waals surface area contributed by atoms with Crippen molar-refractivity contribution in [3.05, 3.63) is 46.9 Å². The van der Waals surface area contributed by atoms with E-state index in [0.29, 0.717) is 16.7 Å². The van der Waals surface area contributed by atoms with Crippen molar-refractivity contribution in [2.24, 2.45) is 0 Å². The Kier molecular flexibility index (Phi) is 3.78. The Labute approximate surface area is 145 Å². The molecule has 1 aromatic carbocycles. The molecule has 3 heterocycles. The van der Waals surface area contributed by atoms with Gasteiger partial charge in [0.2, 0.25) is 5.89 Å². The lowest BCUT2D eigenvalue weighted by Crippen LogP contribution is -1.85. The Morgan fingerprint density at radius 3 is 2.67 bits per heavy atom. The smallest absolute Gasteiger partial charge is 0.283 e. The zero-order valence-corrected chi connectivity index (χ0v) is 14.4. The molecule has 4 rings (SSSR count). The van der Waals surface area contributed by atoms with Gasteiger partial charge < -0.3 is 4.42 Å². The quantitative estimate of drug-likeness (QED) is 0.497. The minimum absolute atomic E-state index is 0.306. The van der Waals surface area contributed by atoms with Crippen molar-refractivity contribution < 1.29 is 8.81 Å². The van der Waals surface area contributed by atoms with Crippen LogP contribution in [0.15, 0.2) is 45.3 Å². The van der Waals surface area contributed by atoms with E-state index in [2.05, 4.69) is 34.0 Å². The summed E-state index contributed by atoms with van der Waals surface area (Å²) in [4.78, 5) is 10.8. The molecule has 0 radical (unpaired) electrons. The molecule has 24 heavy (non-hydrogen) atoms. The Morgan fingerprint density at radius 1 is 1.08 bits per heavy atom. The molecule has 0 aliphatic carbocycles. The fourth-order valence-electron chi connectivity index (χ4n) is 2.27. The minimum atomic E-state index is -0.306. The van der Waals surface area contributed by atoms with Gasteiger partial charge in [-0.05, 0) is 55.4 Å². The zero-order valence-electron chi connectivity index (χ0n) is 12.8. The number of rotatable bonds is 3. The molecule has 0 bridgehead atoms. The van der Waals surface area contributed by atoms with E-state index in [1.807, 2.05) is 0 Å². The van der Waals surface area contributed by atoms with Crippen LogP contribution in [0.5, 0.6) is 0 Å². The molecule has 0 N–H and O–H groups in total. The van der Waals surface area contributed by atoms with Crippen molar-refractivity contribution in [2.75, 3.05) is 0 Å². The van der Waals surface area contributed by atoms with Crippen LogP contribution >= 0.6 is 23.1 Å². The van der Waals surface area contributed by atoms with E-state index in [0.717, 1.165) is 20.8 Å². The summed E-state index contributed by atoms with van der Waals surface area (Å²) in [6, 6.07) is 5.93. The third-order valence-electron chi connectivity index (χ3n) is 3.61. The first-order chi connectivity index (χ1) is 11.6. The highest BCUT2D eigenvalue weighted by Gasteiger charge is 2.16. The number of hydrogen-bond acceptors (Lipinski definition) is 7. The van der Waals surface area contributed by atoms with Crippen LogP contribution in [0.25, 0.3) is 21.7 Å². The molecule has 120 valence electrons. The molecule has 0 saturated heterocycles. The van der Waals surface area contributed by atoms with Gasteiger partial charge in [-0.25, -0.2) is 14.4 Å². The van der Waals surface area contributed by atoms with Gasteiger partial charge in [0.15, 0.2) is 0 Å². The summed E-state index contributed by atoms with van der Waals surface area (Å²) in [6.45, 7) is 4.12. The third kappa shape index (κ3) is 2.67. The summed E-state index contributed by atoms with van der Waals surface area (Å²) < 4.78 is 18.7. The molecule has 4 aromatic rings. The first kappa shape index (κ1) is 15.2. The van der Waals surface area contributed by atoms with E-state index >= 15 is 0 Å². The van der Waals surface area contributed by atoms with Gasteiger partial charge in [-0.3, -0.25) is 0 Å². The number of halogens is 1. The SMILES string of the molecule is Cc1sc2ncnc(Sc3nnc(-c4ccc(F)cc4)o3)c2c1C. The molecule has 0 spiro atoms. The number of thiophene rings is 1. The number of hydrogen-bond donors (Lipinski definition) is 0. The van der Waals surface area contributed by atoms with Gasteiger partial charge >= 0.3 is 0 Å². The average Bonchev–Trinajstić information content (AvgIpc) is 3.14. The highest BCUT2D eigenvalue weighted by Crippen LogP contribution is 2.37. The Bertz CT molecular complexity index is 1030. The summed E-state index contributed by atoms with van der Waals surface area (Å²) in [5.74, 6) is 0.0422. The molecular formula is C16H11FN4OS2. The first-order valence-corrected chi connectivity index (χ1v) is 8.73. The summed E-state index contributed by atoms with van der Waals surface area (Å²) in [5, 5.41) is 10.3. The predicted octanol–water partition coefficient (Wildman–Crippen LogP) is 4.65. The molecule has 0 unspecified atom stereocenters. The topological polar surface area (TPSA) is 64.7 Å². The maximum absolute atomic E-state index is 13.0. The highest BCUT2D eigenvalue weighted by atomic mass is 32.2. The lowest BCUT2D eigenvalue weighted by Gasteiger charge is -1.99. The Balaban J connectivity index is 1.68. The van der Waals surface area contributed by atoms with Crippen LogP contribution in [0.2, 0.25) is 0 Å². The molecule has 3 aromatic heterocycles. The monoisotopic (exact) mass is 358 g/mol. The van der Waals surface area contributed by atoms with Crippen molar-refractivity contribution in [1.82, 2.24) is 20.2 Å². The second kappa shape index (κ2) is 5.95. The van der Waals surface area contributed by atoms with E-state index in [9.17, 15) is 4.39 Å². The third-order valence-corrected chi connectivity index (χ3v) is 5.57. The Hall–Kier alpha value is -2.32. The molecule has 0 aliphatic heterocycles. The molecule has 0 aliphatic rings. The van der Waals surface area contributed by atoms with Crippen molar-refractivity contribution in [3.8, 4) is 11.5 Å². The van der Waals surface area contributed by atoms with Gasteiger partial charge in [-0.15, -0.1) is 21.5 Å². The molecule has 8 heteroatoms. The van der Waals surface area contributed by atoms with E-state index < -0.39 is 0 Å². The van der Waals surface area contributed by atoms with Crippen molar-refractivity contribution in [1.29, 1.82) is 0 Å². The standard InChI is InChI=1S/C16H11FN4OS2/c1-8-9(2)23-14-12(8)15(19-7-18-14)24-16-21-20-13(22-16)10-3-5-11(17)6-4-10/h3-7H,1-2H3. The summed E-state index contributed by atoms with van der Waals surface area (Å²) in [7, 11) is 0. The number of aryl methyl sites for hydroxylation is 2. The number of nitrogens with zero attached hydrogens (tertiary/aromatic N) is 4. The van der Waals surface area contributed by atoms with E-state index in [1.165, 1.54) is 35.1 Å². The number of benzene rings is 1. The number of fused-ring (bicyclic) bond motifs is 1. The molecule has 5 nitrogen and oxygen atoms in total. The summed E-state index contributed by atoms with van der Waals surface area (Å²) >= 11 is 2.94. The van der Waals surface area contributed by atoms with Crippen LogP contribution in [0.1, 0.15) is 10.4 Å². The van der Waals surface area contributed by atoms with Crippen LogP contribution in [0.4, 0.5) is 4.39 Å². The lowest BCUT2D eigenvalue weighted by molar-refractivity contribution is 0.465. The minimum Gasteiger partial charge on any atom is -0.411 e. The normalized spacial score (nSPS) is 11.3. The number of aromatic nitrogens is 4. The van der Waals surface area contributed by atoms with Crippen LogP contribution in [0, 0.1) is 19.7 Å². The van der Waals surface area contributed by atoms with Crippen LogP contribution in [0.3, 0.4) is 0 Å². The van der Waals surface area contributed by atoms with Crippen molar-refractivity contribution >= 4 is 33.3 Å². The molecular weight excluding hydrogens is 347 g/mol. The fourth-order valence-corrected chi connectivity index (χ4v) is 4.15. The largest absolute Gasteiger partial charge is 0.411 e. The van der Waals surface area contributed by atoms with E-state index in [1.54, 1.807) is 23.5 Å². The summed E-state index contributed by atoms with van der Waals surface area (Å²) in [6.07, 6.45) is 1.54. The summed E-state index contributed by atoms with van der Waals surface area (Å²) in [5.41, 5.74) is 1.84. The second-order valence-corrected chi connectivity index (χ2v) is 7.27. The second-order valence-electron chi connectivity index (χ2n) is 5.12. The highest BCUT2D eigenvalue weighted by molar-refractivity contribution is 7.99. The van der Waals surface area contributed by atoms with Gasteiger partial charge in [0.25, 0.3) is 5.22 Å². The maximum atomic E-state index is 13.0. The fraction of sp³-hybridized carbons (Fsp3) is 0.125. The van der Waals surface area contributed by atoms with E-state index in [-0.39, 0.29) is 5.82 Å². The molecule has 0 fully saturated rings. The average molecular weight is 358 g/mol. The van der Waals surface area contributed by atoms with Crippen molar-refractivity contribution in [2.45, 2.75) is 24.1 Å². The van der Waals surface area contributed by atoms with Gasteiger partial charge in [0.1, 0.15) is 22.0 Å².